The van der Waals surface area contributed by atoms with Gasteiger partial charge in [0.25, 0.3) is 0 Å². The van der Waals surface area contributed by atoms with E-state index in [1.807, 2.05) is 18.2 Å². The molecule has 2 rings (SSSR count). The first kappa shape index (κ1) is 14.3. The van der Waals surface area contributed by atoms with E-state index in [9.17, 15) is 4.39 Å². The molecule has 0 aromatic heterocycles. The molecule has 1 aromatic rings. The minimum atomic E-state index is -0.606. The molecule has 0 spiro atoms. The maximum Gasteiger partial charge on any atom is 0.119 e. The van der Waals surface area contributed by atoms with E-state index in [1.165, 1.54) is 5.56 Å². The number of likely N-dealkylation sites (tertiary alicyclic amines) is 1. The zero-order valence-corrected chi connectivity index (χ0v) is 11.4. The molecule has 0 aliphatic carbocycles. The van der Waals surface area contributed by atoms with Crippen LogP contribution >= 0.6 is 0 Å². The molecular weight excluding hydrogens is 243 g/mol. The summed E-state index contributed by atoms with van der Waals surface area (Å²) in [4.78, 5) is 2.26. The normalized spacial score (nSPS) is 17.6. The zero-order chi connectivity index (χ0) is 13.5. The number of halogens is 1. The highest BCUT2D eigenvalue weighted by Gasteiger charge is 2.17. The highest BCUT2D eigenvalue weighted by atomic mass is 19.1. The standard InChI is InChI=1S/C15H23FN2O/c16-14-5-8-18(9-6-14)10-11-19-15-3-1-2-13(12-15)4-7-17/h1-3,12,14H,4-11,17H2. The van der Waals surface area contributed by atoms with Crippen LogP contribution in [-0.2, 0) is 6.42 Å². The van der Waals surface area contributed by atoms with Gasteiger partial charge in [0.2, 0.25) is 0 Å². The predicted octanol–water partition coefficient (Wildman–Crippen LogP) is 2.00. The van der Waals surface area contributed by atoms with Crippen molar-refractivity contribution in [3.8, 4) is 5.75 Å². The van der Waals surface area contributed by atoms with Crippen molar-refractivity contribution in [1.82, 2.24) is 4.90 Å². The smallest absolute Gasteiger partial charge is 0.119 e. The van der Waals surface area contributed by atoms with Crippen LogP contribution in [0.3, 0.4) is 0 Å². The summed E-state index contributed by atoms with van der Waals surface area (Å²) in [7, 11) is 0. The van der Waals surface area contributed by atoms with Crippen LogP contribution in [0, 0.1) is 0 Å². The van der Waals surface area contributed by atoms with Crippen LogP contribution < -0.4 is 10.5 Å². The number of alkyl halides is 1. The molecule has 2 N–H and O–H groups in total. The molecule has 1 fully saturated rings. The summed E-state index contributed by atoms with van der Waals surface area (Å²) >= 11 is 0. The molecule has 19 heavy (non-hydrogen) atoms. The summed E-state index contributed by atoms with van der Waals surface area (Å²) in [5.74, 6) is 0.895. The first-order valence-electron chi connectivity index (χ1n) is 7.06. The van der Waals surface area contributed by atoms with Gasteiger partial charge in [0.05, 0.1) is 0 Å². The molecule has 4 heteroatoms. The molecule has 0 saturated carbocycles. The number of nitrogens with two attached hydrogens (primary N) is 1. The van der Waals surface area contributed by atoms with Gasteiger partial charge in [-0.25, -0.2) is 4.39 Å². The van der Waals surface area contributed by atoms with Crippen molar-refractivity contribution in [2.75, 3.05) is 32.8 Å². The Balaban J connectivity index is 1.71. The van der Waals surface area contributed by atoms with E-state index in [0.717, 1.165) is 31.8 Å². The van der Waals surface area contributed by atoms with Crippen molar-refractivity contribution in [3.05, 3.63) is 29.8 Å². The number of benzene rings is 1. The van der Waals surface area contributed by atoms with Crippen LogP contribution in [0.5, 0.6) is 5.75 Å². The molecule has 0 amide bonds. The second-order valence-electron chi connectivity index (χ2n) is 5.05. The molecule has 1 aliphatic rings. The Morgan fingerprint density at radius 2 is 2.11 bits per heavy atom. The molecular formula is C15H23FN2O. The van der Waals surface area contributed by atoms with E-state index < -0.39 is 6.17 Å². The summed E-state index contributed by atoms with van der Waals surface area (Å²) in [6.07, 6.45) is 1.59. The van der Waals surface area contributed by atoms with Crippen LogP contribution in [0.1, 0.15) is 18.4 Å². The van der Waals surface area contributed by atoms with Gasteiger partial charge in [-0.05, 0) is 43.5 Å². The van der Waals surface area contributed by atoms with Gasteiger partial charge in [0, 0.05) is 19.6 Å². The van der Waals surface area contributed by atoms with Crippen molar-refractivity contribution in [3.63, 3.8) is 0 Å². The molecule has 0 unspecified atom stereocenters. The third kappa shape index (κ3) is 4.80. The lowest BCUT2D eigenvalue weighted by atomic mass is 10.1. The summed E-state index contributed by atoms with van der Waals surface area (Å²) in [6, 6.07) is 8.06. The predicted molar refractivity (Wildman–Crippen MR) is 75.3 cm³/mol. The van der Waals surface area contributed by atoms with E-state index in [0.29, 0.717) is 26.0 Å². The minimum Gasteiger partial charge on any atom is -0.492 e. The molecule has 0 bridgehead atoms. The number of hydrogen-bond acceptors (Lipinski definition) is 3. The molecule has 1 saturated heterocycles. The number of nitrogens with zero attached hydrogens (tertiary/aromatic N) is 1. The monoisotopic (exact) mass is 266 g/mol. The maximum absolute atomic E-state index is 13.0. The lowest BCUT2D eigenvalue weighted by Crippen LogP contribution is -2.37. The highest BCUT2D eigenvalue weighted by Crippen LogP contribution is 2.15. The fourth-order valence-corrected chi connectivity index (χ4v) is 2.38. The Hall–Kier alpha value is -1.13. The van der Waals surface area contributed by atoms with Crippen LogP contribution in [0.25, 0.3) is 0 Å². The van der Waals surface area contributed by atoms with Gasteiger partial charge in [0.1, 0.15) is 18.5 Å². The Morgan fingerprint density at radius 1 is 1.32 bits per heavy atom. The number of hydrogen-bond donors (Lipinski definition) is 1. The molecule has 0 atom stereocenters. The Kier molecular flexibility index (Phi) is 5.61. The third-order valence-corrected chi connectivity index (χ3v) is 3.52. The van der Waals surface area contributed by atoms with E-state index in [4.69, 9.17) is 10.5 Å². The van der Waals surface area contributed by atoms with E-state index in [-0.39, 0.29) is 0 Å². The molecule has 106 valence electrons. The van der Waals surface area contributed by atoms with Gasteiger partial charge in [-0.3, -0.25) is 4.90 Å². The first-order valence-corrected chi connectivity index (χ1v) is 7.06. The fraction of sp³-hybridized carbons (Fsp3) is 0.600. The summed E-state index contributed by atoms with van der Waals surface area (Å²) in [6.45, 7) is 3.87. The fourth-order valence-electron chi connectivity index (χ4n) is 2.38. The van der Waals surface area contributed by atoms with E-state index >= 15 is 0 Å². The summed E-state index contributed by atoms with van der Waals surface area (Å²) in [5, 5.41) is 0. The average Bonchev–Trinajstić information content (AvgIpc) is 2.42. The third-order valence-electron chi connectivity index (χ3n) is 3.52. The van der Waals surface area contributed by atoms with Gasteiger partial charge in [0.15, 0.2) is 0 Å². The Labute approximate surface area is 114 Å². The largest absolute Gasteiger partial charge is 0.492 e. The van der Waals surface area contributed by atoms with Gasteiger partial charge in [-0.1, -0.05) is 12.1 Å². The molecule has 1 aromatic carbocycles. The summed E-state index contributed by atoms with van der Waals surface area (Å²) in [5.41, 5.74) is 6.75. The van der Waals surface area contributed by atoms with Crippen LogP contribution in [0.4, 0.5) is 4.39 Å². The SMILES string of the molecule is NCCc1cccc(OCCN2CCC(F)CC2)c1. The lowest BCUT2D eigenvalue weighted by molar-refractivity contribution is 0.132. The number of piperidine rings is 1. The first-order chi connectivity index (χ1) is 9.28. The van der Waals surface area contributed by atoms with Crippen LogP contribution in [-0.4, -0.2) is 43.9 Å². The van der Waals surface area contributed by atoms with Crippen molar-refractivity contribution in [1.29, 1.82) is 0 Å². The van der Waals surface area contributed by atoms with Gasteiger partial charge in [-0.2, -0.15) is 0 Å². The molecule has 3 nitrogen and oxygen atoms in total. The topological polar surface area (TPSA) is 38.5 Å². The average molecular weight is 266 g/mol. The summed E-state index contributed by atoms with van der Waals surface area (Å²) < 4.78 is 18.7. The van der Waals surface area contributed by atoms with Crippen molar-refractivity contribution < 1.29 is 9.13 Å². The van der Waals surface area contributed by atoms with Gasteiger partial charge in [-0.15, -0.1) is 0 Å². The minimum absolute atomic E-state index is 0.606. The van der Waals surface area contributed by atoms with Gasteiger partial charge >= 0.3 is 0 Å². The number of rotatable bonds is 6. The zero-order valence-electron chi connectivity index (χ0n) is 11.4. The van der Waals surface area contributed by atoms with Crippen LogP contribution in [0.2, 0.25) is 0 Å². The maximum atomic E-state index is 13.0. The molecule has 1 heterocycles. The number of ether oxygens (including phenoxy) is 1. The van der Waals surface area contributed by atoms with E-state index in [2.05, 4.69) is 11.0 Å². The Morgan fingerprint density at radius 3 is 2.84 bits per heavy atom. The highest BCUT2D eigenvalue weighted by molar-refractivity contribution is 5.28. The van der Waals surface area contributed by atoms with Gasteiger partial charge < -0.3 is 10.5 Å². The van der Waals surface area contributed by atoms with Crippen LogP contribution in [0.15, 0.2) is 24.3 Å². The van der Waals surface area contributed by atoms with E-state index in [1.54, 1.807) is 0 Å². The van der Waals surface area contributed by atoms with Crippen molar-refractivity contribution >= 4 is 0 Å². The Bertz CT molecular complexity index is 378. The quantitative estimate of drug-likeness (QED) is 0.856. The van der Waals surface area contributed by atoms with Crippen molar-refractivity contribution in [2.24, 2.45) is 5.73 Å². The second kappa shape index (κ2) is 7.46. The van der Waals surface area contributed by atoms with Crippen molar-refractivity contribution in [2.45, 2.75) is 25.4 Å². The second-order valence-corrected chi connectivity index (χ2v) is 5.05. The lowest BCUT2D eigenvalue weighted by Gasteiger charge is -2.28. The molecule has 0 radical (unpaired) electrons. The molecule has 1 aliphatic heterocycles.